The van der Waals surface area contributed by atoms with E-state index in [4.69, 9.17) is 0 Å². The molecule has 0 heterocycles. The van der Waals surface area contributed by atoms with E-state index in [-0.39, 0.29) is 24.0 Å². The standard InChI is InChI=1S/C20H21I2N3O4/c1-13(26)23-17(11-14-5-3-2-4-6-14)19(28)24-18(20(29)25(21)22)12-15-7-9-16(27)10-8-15/h2-10,17-18,27H,11-12H2,1H3,(H,23,26)(H,24,28)/t17-,18-/m0/s1. The Morgan fingerprint density at radius 1 is 0.897 bits per heavy atom. The molecule has 0 saturated heterocycles. The van der Waals surface area contributed by atoms with Gasteiger partial charge in [0.15, 0.2) is 0 Å². The molecular formula is C20H21I2N3O4. The highest BCUT2D eigenvalue weighted by Gasteiger charge is 2.28. The molecule has 2 rings (SSSR count). The van der Waals surface area contributed by atoms with Crippen LogP contribution in [0.2, 0.25) is 0 Å². The third-order valence-corrected chi connectivity index (χ3v) is 5.08. The van der Waals surface area contributed by atoms with Crippen LogP contribution in [0.1, 0.15) is 18.1 Å². The van der Waals surface area contributed by atoms with E-state index in [0.29, 0.717) is 6.42 Å². The van der Waals surface area contributed by atoms with Crippen LogP contribution >= 0.6 is 45.7 Å². The van der Waals surface area contributed by atoms with Crippen LogP contribution in [0.15, 0.2) is 54.6 Å². The number of halogens is 2. The molecule has 0 bridgehead atoms. The predicted octanol–water partition coefficient (Wildman–Crippen LogP) is 2.70. The first-order chi connectivity index (χ1) is 13.8. The van der Waals surface area contributed by atoms with Gasteiger partial charge in [0, 0.05) is 19.8 Å². The van der Waals surface area contributed by atoms with E-state index in [9.17, 15) is 19.5 Å². The molecule has 29 heavy (non-hydrogen) atoms. The first kappa shape index (κ1) is 23.4. The molecule has 0 aliphatic rings. The predicted molar refractivity (Wildman–Crippen MR) is 126 cm³/mol. The minimum atomic E-state index is -0.812. The fourth-order valence-corrected chi connectivity index (χ4v) is 3.43. The number of nitrogens with one attached hydrogen (secondary N) is 2. The molecule has 3 amide bonds. The van der Waals surface area contributed by atoms with Crippen LogP contribution in [0.3, 0.4) is 0 Å². The van der Waals surface area contributed by atoms with Crippen LogP contribution in [-0.4, -0.2) is 36.2 Å². The number of carbonyl (C=O) groups excluding carboxylic acids is 3. The van der Waals surface area contributed by atoms with Gasteiger partial charge in [-0.2, -0.15) is 0 Å². The molecule has 0 aliphatic carbocycles. The number of phenolic OH excluding ortho intramolecular Hbond substituents is 1. The number of phenols is 1. The summed E-state index contributed by atoms with van der Waals surface area (Å²) in [6.07, 6.45) is 0.566. The summed E-state index contributed by atoms with van der Waals surface area (Å²) in [4.78, 5) is 37.1. The van der Waals surface area contributed by atoms with E-state index < -0.39 is 18.0 Å². The summed E-state index contributed by atoms with van der Waals surface area (Å²) in [7, 11) is 0. The normalized spacial score (nSPS) is 12.5. The number of carbonyl (C=O) groups is 3. The Hall–Kier alpha value is -1.89. The lowest BCUT2D eigenvalue weighted by Crippen LogP contribution is -2.53. The molecule has 0 aliphatic heterocycles. The monoisotopic (exact) mass is 621 g/mol. The minimum Gasteiger partial charge on any atom is -0.508 e. The van der Waals surface area contributed by atoms with Gasteiger partial charge in [-0.1, -0.05) is 42.5 Å². The van der Waals surface area contributed by atoms with Gasteiger partial charge in [0.1, 0.15) is 17.8 Å². The summed E-state index contributed by atoms with van der Waals surface area (Å²) < 4.78 is 1.35. The molecule has 0 radical (unpaired) electrons. The van der Waals surface area contributed by atoms with Crippen molar-refractivity contribution in [3.63, 3.8) is 0 Å². The second-order valence-corrected chi connectivity index (χ2v) is 10.2. The smallest absolute Gasteiger partial charge is 0.263 e. The van der Waals surface area contributed by atoms with Crippen LogP contribution in [0, 0.1) is 0 Å². The third kappa shape index (κ3) is 7.80. The zero-order chi connectivity index (χ0) is 21.4. The van der Waals surface area contributed by atoms with Crippen molar-refractivity contribution in [2.75, 3.05) is 0 Å². The van der Waals surface area contributed by atoms with Crippen LogP contribution < -0.4 is 10.6 Å². The van der Waals surface area contributed by atoms with Gasteiger partial charge in [-0.3, -0.25) is 14.4 Å². The lowest BCUT2D eigenvalue weighted by Gasteiger charge is -2.23. The zero-order valence-corrected chi connectivity index (χ0v) is 20.0. The quantitative estimate of drug-likeness (QED) is 0.312. The molecule has 0 unspecified atom stereocenters. The van der Waals surface area contributed by atoms with Crippen molar-refractivity contribution in [3.05, 3.63) is 65.7 Å². The average Bonchev–Trinajstić information content (AvgIpc) is 2.68. The van der Waals surface area contributed by atoms with Gasteiger partial charge in [0.2, 0.25) is 11.8 Å². The maximum atomic E-state index is 12.9. The van der Waals surface area contributed by atoms with Gasteiger partial charge < -0.3 is 15.7 Å². The summed E-state index contributed by atoms with van der Waals surface area (Å²) in [5.74, 6) is -0.921. The second kappa shape index (κ2) is 11.3. The van der Waals surface area contributed by atoms with Crippen LogP contribution in [-0.2, 0) is 27.2 Å². The van der Waals surface area contributed by atoms with Gasteiger partial charge >= 0.3 is 0 Å². The number of hydrogen-bond acceptors (Lipinski definition) is 4. The number of nitrogens with zero attached hydrogens (tertiary/aromatic N) is 1. The third-order valence-electron chi connectivity index (χ3n) is 4.13. The summed E-state index contributed by atoms with van der Waals surface area (Å²) in [5.41, 5.74) is 1.68. The number of rotatable bonds is 8. The summed E-state index contributed by atoms with van der Waals surface area (Å²) in [6, 6.07) is 14.2. The molecule has 0 fully saturated rings. The van der Waals surface area contributed by atoms with Crippen molar-refractivity contribution in [2.24, 2.45) is 0 Å². The van der Waals surface area contributed by atoms with Crippen LogP contribution in [0.4, 0.5) is 0 Å². The number of amides is 3. The highest BCUT2D eigenvalue weighted by Crippen LogP contribution is 2.16. The SMILES string of the molecule is CC(=O)N[C@@H](Cc1ccccc1)C(=O)N[C@@H](Cc1ccc(O)cc1)C(=O)N(I)I. The molecule has 7 nitrogen and oxygen atoms in total. The van der Waals surface area contributed by atoms with Crippen molar-refractivity contribution in [3.8, 4) is 5.75 Å². The lowest BCUT2D eigenvalue weighted by molar-refractivity contribution is -0.131. The Morgan fingerprint density at radius 2 is 1.45 bits per heavy atom. The van der Waals surface area contributed by atoms with E-state index in [2.05, 4.69) is 10.6 Å². The maximum absolute atomic E-state index is 12.9. The van der Waals surface area contributed by atoms with Gasteiger partial charge in [0.05, 0.1) is 45.7 Å². The van der Waals surface area contributed by atoms with Crippen molar-refractivity contribution >= 4 is 63.5 Å². The summed E-state index contributed by atoms with van der Waals surface area (Å²) in [6.45, 7) is 1.35. The fraction of sp³-hybridized carbons (Fsp3) is 0.250. The Labute approximate surface area is 197 Å². The number of benzene rings is 2. The van der Waals surface area contributed by atoms with E-state index in [1.54, 1.807) is 12.1 Å². The Balaban J connectivity index is 2.18. The Kier molecular flexibility index (Phi) is 9.14. The van der Waals surface area contributed by atoms with Crippen LogP contribution in [0.5, 0.6) is 5.75 Å². The van der Waals surface area contributed by atoms with Gasteiger partial charge in [-0.15, -0.1) is 0 Å². The van der Waals surface area contributed by atoms with Crippen molar-refractivity contribution < 1.29 is 19.5 Å². The first-order valence-corrected chi connectivity index (χ1v) is 10.7. The highest BCUT2D eigenvalue weighted by molar-refractivity contribution is 14.2. The molecule has 0 spiro atoms. The van der Waals surface area contributed by atoms with Crippen molar-refractivity contribution in [1.29, 1.82) is 0 Å². The van der Waals surface area contributed by atoms with E-state index in [1.807, 2.05) is 76.1 Å². The molecule has 2 aromatic carbocycles. The van der Waals surface area contributed by atoms with Gasteiger partial charge in [-0.05, 0) is 23.3 Å². The zero-order valence-electron chi connectivity index (χ0n) is 15.6. The molecular weight excluding hydrogens is 600 g/mol. The number of aromatic hydroxyl groups is 1. The fourth-order valence-electron chi connectivity index (χ4n) is 2.76. The summed E-state index contributed by atoms with van der Waals surface area (Å²) in [5, 5.41) is 14.9. The van der Waals surface area contributed by atoms with Crippen LogP contribution in [0.25, 0.3) is 0 Å². The van der Waals surface area contributed by atoms with Crippen molar-refractivity contribution in [2.45, 2.75) is 31.8 Å². The molecule has 9 heteroatoms. The molecule has 0 aromatic heterocycles. The average molecular weight is 621 g/mol. The second-order valence-electron chi connectivity index (χ2n) is 6.45. The van der Waals surface area contributed by atoms with Gasteiger partial charge in [-0.25, -0.2) is 1.33 Å². The minimum absolute atomic E-state index is 0.124. The maximum Gasteiger partial charge on any atom is 0.263 e. The Morgan fingerprint density at radius 3 is 2.00 bits per heavy atom. The van der Waals surface area contributed by atoms with Crippen molar-refractivity contribution in [1.82, 2.24) is 12.0 Å². The topological polar surface area (TPSA) is 98.7 Å². The molecule has 154 valence electrons. The molecule has 3 N–H and O–H groups in total. The molecule has 0 saturated carbocycles. The lowest BCUT2D eigenvalue weighted by atomic mass is 10.0. The number of hydrogen-bond donors (Lipinski definition) is 3. The van der Waals surface area contributed by atoms with E-state index in [1.165, 1.54) is 20.4 Å². The Bertz CT molecular complexity index is 845. The molecule has 2 aromatic rings. The highest BCUT2D eigenvalue weighted by atomic mass is 127. The van der Waals surface area contributed by atoms with E-state index in [0.717, 1.165) is 11.1 Å². The van der Waals surface area contributed by atoms with Gasteiger partial charge in [0.25, 0.3) is 5.91 Å². The summed E-state index contributed by atoms with van der Waals surface area (Å²) >= 11 is 3.69. The molecule has 2 atom stereocenters. The largest absolute Gasteiger partial charge is 0.508 e. The first-order valence-electron chi connectivity index (χ1n) is 8.81. The van der Waals surface area contributed by atoms with E-state index >= 15 is 0 Å².